The third kappa shape index (κ3) is 2.73. The van der Waals surface area contributed by atoms with Crippen LogP contribution in [0, 0.1) is 11.8 Å². The van der Waals surface area contributed by atoms with Crippen LogP contribution in [0.4, 0.5) is 0 Å². The number of nitrogens with one attached hydrogen (secondary N) is 1. The van der Waals surface area contributed by atoms with Gasteiger partial charge in [-0.25, -0.2) is 4.79 Å². The van der Waals surface area contributed by atoms with E-state index in [0.29, 0.717) is 24.1 Å². The molecule has 5 heteroatoms. The molecule has 0 radical (unpaired) electrons. The van der Waals surface area contributed by atoms with Crippen LogP contribution < -0.4 is 16.6 Å². The van der Waals surface area contributed by atoms with Crippen molar-refractivity contribution >= 4 is 0 Å². The van der Waals surface area contributed by atoms with E-state index >= 15 is 0 Å². The smallest absolute Gasteiger partial charge is 0.309 e. The molecule has 112 valence electrons. The first-order chi connectivity index (χ1) is 9.45. The summed E-state index contributed by atoms with van der Waals surface area (Å²) in [7, 11) is 3.20. The van der Waals surface area contributed by atoms with Crippen LogP contribution in [0.25, 0.3) is 0 Å². The average molecular weight is 279 g/mol. The van der Waals surface area contributed by atoms with E-state index in [9.17, 15) is 9.59 Å². The molecule has 1 aromatic heterocycles. The molecule has 1 N–H and O–H groups in total. The predicted octanol–water partition coefficient (Wildman–Crippen LogP) is 0.998. The first kappa shape index (κ1) is 15.0. The van der Waals surface area contributed by atoms with Gasteiger partial charge >= 0.3 is 5.69 Å². The molecule has 1 heterocycles. The molecule has 3 unspecified atom stereocenters. The molecule has 0 spiro atoms. The van der Waals surface area contributed by atoms with Gasteiger partial charge in [0.25, 0.3) is 5.56 Å². The number of hydrogen-bond acceptors (Lipinski definition) is 3. The Bertz CT molecular complexity index is 588. The van der Waals surface area contributed by atoms with Crippen molar-refractivity contribution in [3.63, 3.8) is 0 Å². The molecule has 3 atom stereocenters. The number of nitrogens with zero attached hydrogens (tertiary/aromatic N) is 2. The van der Waals surface area contributed by atoms with Gasteiger partial charge in [-0.2, -0.15) is 0 Å². The van der Waals surface area contributed by atoms with Crippen LogP contribution >= 0.6 is 0 Å². The molecule has 0 aliphatic heterocycles. The van der Waals surface area contributed by atoms with E-state index in [-0.39, 0.29) is 11.2 Å². The van der Waals surface area contributed by atoms with Gasteiger partial charge in [0.2, 0.25) is 0 Å². The quantitative estimate of drug-likeness (QED) is 0.894. The van der Waals surface area contributed by atoms with E-state index in [2.05, 4.69) is 19.2 Å². The SMILES string of the molecule is CCC1CCC(NCc2cn(C)c(=O)n(C)c2=O)C1C. The van der Waals surface area contributed by atoms with Crippen LogP contribution in [0.2, 0.25) is 0 Å². The third-order valence-corrected chi connectivity index (χ3v) is 4.82. The van der Waals surface area contributed by atoms with Crippen LogP contribution in [0.1, 0.15) is 38.7 Å². The van der Waals surface area contributed by atoms with E-state index in [0.717, 1.165) is 5.92 Å². The van der Waals surface area contributed by atoms with Crippen LogP contribution in [0.15, 0.2) is 15.8 Å². The van der Waals surface area contributed by atoms with Crippen LogP contribution in [-0.2, 0) is 20.6 Å². The summed E-state index contributed by atoms with van der Waals surface area (Å²) in [4.78, 5) is 23.7. The molecule has 0 bridgehead atoms. The van der Waals surface area contributed by atoms with Crippen molar-refractivity contribution in [3.8, 4) is 0 Å². The summed E-state index contributed by atoms with van der Waals surface area (Å²) >= 11 is 0. The van der Waals surface area contributed by atoms with E-state index in [4.69, 9.17) is 0 Å². The van der Waals surface area contributed by atoms with Crippen molar-refractivity contribution in [2.45, 2.75) is 45.7 Å². The van der Waals surface area contributed by atoms with Crippen molar-refractivity contribution in [2.75, 3.05) is 0 Å². The molecular formula is C15H25N3O2. The summed E-state index contributed by atoms with van der Waals surface area (Å²) in [5.41, 5.74) is 0.180. The van der Waals surface area contributed by atoms with Gasteiger partial charge in [0.05, 0.1) is 0 Å². The zero-order chi connectivity index (χ0) is 14.9. The summed E-state index contributed by atoms with van der Waals surface area (Å²) in [5, 5.41) is 3.50. The monoisotopic (exact) mass is 279 g/mol. The maximum absolute atomic E-state index is 12.1. The second-order valence-electron chi connectivity index (χ2n) is 6.00. The molecule has 2 rings (SSSR count). The van der Waals surface area contributed by atoms with Crippen LogP contribution in [0.3, 0.4) is 0 Å². The highest BCUT2D eigenvalue weighted by Gasteiger charge is 2.31. The Morgan fingerprint density at radius 2 is 2.00 bits per heavy atom. The number of aryl methyl sites for hydroxylation is 1. The minimum Gasteiger partial charge on any atom is -0.309 e. The lowest BCUT2D eigenvalue weighted by atomic mass is 9.93. The van der Waals surface area contributed by atoms with Gasteiger partial charge < -0.3 is 9.88 Å². The summed E-state index contributed by atoms with van der Waals surface area (Å²) in [6.45, 7) is 5.07. The fourth-order valence-corrected chi connectivity index (χ4v) is 3.36. The molecule has 20 heavy (non-hydrogen) atoms. The van der Waals surface area contributed by atoms with Gasteiger partial charge in [-0.15, -0.1) is 0 Å². The Kier molecular flexibility index (Phi) is 4.48. The van der Waals surface area contributed by atoms with E-state index in [1.54, 1.807) is 13.2 Å². The standard InChI is InChI=1S/C15H25N3O2/c1-5-11-6-7-13(10(11)2)16-8-12-9-17(3)15(20)18(4)14(12)19/h9-11,13,16H,5-8H2,1-4H3. The van der Waals surface area contributed by atoms with Gasteiger partial charge in [-0.1, -0.05) is 20.3 Å². The topological polar surface area (TPSA) is 56.0 Å². The minimum atomic E-state index is -0.279. The zero-order valence-corrected chi connectivity index (χ0v) is 12.8. The molecule has 1 aromatic rings. The highest BCUT2D eigenvalue weighted by molar-refractivity contribution is 5.06. The fourth-order valence-electron chi connectivity index (χ4n) is 3.36. The molecule has 1 aliphatic carbocycles. The molecule has 1 saturated carbocycles. The summed E-state index contributed by atoms with van der Waals surface area (Å²) < 4.78 is 2.63. The Morgan fingerprint density at radius 3 is 2.60 bits per heavy atom. The minimum absolute atomic E-state index is 0.196. The molecule has 0 saturated heterocycles. The second kappa shape index (κ2) is 5.95. The Balaban J connectivity index is 2.09. The first-order valence-electron chi connectivity index (χ1n) is 7.44. The Labute approximate surface area is 119 Å². The largest absolute Gasteiger partial charge is 0.330 e. The van der Waals surface area contributed by atoms with Gasteiger partial charge in [0.15, 0.2) is 0 Å². The average Bonchev–Trinajstić information content (AvgIpc) is 2.79. The van der Waals surface area contributed by atoms with Crippen LogP contribution in [0.5, 0.6) is 0 Å². The highest BCUT2D eigenvalue weighted by Crippen LogP contribution is 2.33. The molecular weight excluding hydrogens is 254 g/mol. The maximum atomic E-state index is 12.1. The second-order valence-corrected chi connectivity index (χ2v) is 6.00. The summed E-state index contributed by atoms with van der Waals surface area (Å²) in [6.07, 6.45) is 5.31. The predicted molar refractivity (Wildman–Crippen MR) is 79.7 cm³/mol. The molecule has 1 fully saturated rings. The number of aromatic nitrogens is 2. The molecule has 5 nitrogen and oxygen atoms in total. The molecule has 1 aliphatic rings. The van der Waals surface area contributed by atoms with Gasteiger partial charge in [0.1, 0.15) is 0 Å². The van der Waals surface area contributed by atoms with E-state index in [1.165, 1.54) is 35.4 Å². The highest BCUT2D eigenvalue weighted by atomic mass is 16.2. The molecule has 0 aromatic carbocycles. The first-order valence-corrected chi connectivity index (χ1v) is 7.44. The van der Waals surface area contributed by atoms with Crippen molar-refractivity contribution in [3.05, 3.63) is 32.6 Å². The van der Waals surface area contributed by atoms with Crippen LogP contribution in [-0.4, -0.2) is 15.2 Å². The van der Waals surface area contributed by atoms with E-state index in [1.807, 2.05) is 0 Å². The van der Waals surface area contributed by atoms with Crippen molar-refractivity contribution < 1.29 is 0 Å². The lowest BCUT2D eigenvalue weighted by Gasteiger charge is -2.21. The lowest BCUT2D eigenvalue weighted by molar-refractivity contribution is 0.343. The van der Waals surface area contributed by atoms with Crippen molar-refractivity contribution in [1.29, 1.82) is 0 Å². The zero-order valence-electron chi connectivity index (χ0n) is 12.8. The van der Waals surface area contributed by atoms with E-state index < -0.39 is 0 Å². The number of hydrogen-bond donors (Lipinski definition) is 1. The normalized spacial score (nSPS) is 26.1. The number of rotatable bonds is 4. The van der Waals surface area contributed by atoms with Gasteiger partial charge in [0, 0.05) is 38.4 Å². The van der Waals surface area contributed by atoms with Gasteiger partial charge in [-0.05, 0) is 24.7 Å². The van der Waals surface area contributed by atoms with Gasteiger partial charge in [-0.3, -0.25) is 9.36 Å². The Hall–Kier alpha value is -1.36. The maximum Gasteiger partial charge on any atom is 0.330 e. The summed E-state index contributed by atoms with van der Waals surface area (Å²) in [5.74, 6) is 1.44. The fraction of sp³-hybridized carbons (Fsp3) is 0.733. The molecule has 0 amide bonds. The Morgan fingerprint density at radius 1 is 1.30 bits per heavy atom. The lowest BCUT2D eigenvalue weighted by Crippen LogP contribution is -2.41. The van der Waals surface area contributed by atoms with Crippen molar-refractivity contribution in [1.82, 2.24) is 14.5 Å². The summed E-state index contributed by atoms with van der Waals surface area (Å²) in [6, 6.07) is 0.474. The third-order valence-electron chi connectivity index (χ3n) is 4.82. The van der Waals surface area contributed by atoms with Crippen molar-refractivity contribution in [2.24, 2.45) is 25.9 Å².